The molecule has 2 aromatic carbocycles. The predicted molar refractivity (Wildman–Crippen MR) is 109 cm³/mol. The molecule has 7 heteroatoms. The molecule has 28 heavy (non-hydrogen) atoms. The van der Waals surface area contributed by atoms with Gasteiger partial charge in [-0.2, -0.15) is 4.31 Å². The van der Waals surface area contributed by atoms with Crippen LogP contribution in [0.4, 0.5) is 5.69 Å². The van der Waals surface area contributed by atoms with Gasteiger partial charge in [-0.1, -0.05) is 24.3 Å². The molecule has 0 saturated carbocycles. The molecule has 1 aliphatic rings. The van der Waals surface area contributed by atoms with E-state index < -0.39 is 10.0 Å². The third-order valence-electron chi connectivity index (χ3n) is 4.92. The van der Waals surface area contributed by atoms with Crippen LogP contribution in [0.3, 0.4) is 0 Å². The maximum absolute atomic E-state index is 12.6. The van der Waals surface area contributed by atoms with Crippen molar-refractivity contribution in [1.82, 2.24) is 4.31 Å². The zero-order valence-electron chi connectivity index (χ0n) is 16.3. The Morgan fingerprint density at radius 1 is 1.11 bits per heavy atom. The van der Waals surface area contributed by atoms with Crippen LogP contribution in [0.5, 0.6) is 0 Å². The highest BCUT2D eigenvalue weighted by Gasteiger charge is 2.26. The first-order valence-corrected chi connectivity index (χ1v) is 10.8. The first-order valence-electron chi connectivity index (χ1n) is 9.38. The largest absolute Gasteiger partial charge is 0.379 e. The van der Waals surface area contributed by atoms with Gasteiger partial charge in [-0.25, -0.2) is 8.42 Å². The maximum Gasteiger partial charge on any atom is 0.243 e. The fourth-order valence-corrected chi connectivity index (χ4v) is 4.57. The third kappa shape index (κ3) is 4.79. The van der Waals surface area contributed by atoms with E-state index in [2.05, 4.69) is 0 Å². The molecule has 0 bridgehead atoms. The lowest BCUT2D eigenvalue weighted by molar-refractivity contribution is -0.118. The van der Waals surface area contributed by atoms with Gasteiger partial charge in [0.15, 0.2) is 0 Å². The van der Waals surface area contributed by atoms with Gasteiger partial charge >= 0.3 is 0 Å². The number of morpholine rings is 1. The lowest BCUT2D eigenvalue weighted by Gasteiger charge is -2.26. The molecular formula is C21H26N2O4S. The molecule has 0 aromatic heterocycles. The Bertz CT molecular complexity index is 920. The van der Waals surface area contributed by atoms with E-state index in [4.69, 9.17) is 4.74 Å². The molecule has 0 atom stereocenters. The Morgan fingerprint density at radius 3 is 2.43 bits per heavy atom. The van der Waals surface area contributed by atoms with E-state index >= 15 is 0 Å². The van der Waals surface area contributed by atoms with Gasteiger partial charge in [0, 0.05) is 32.2 Å². The van der Waals surface area contributed by atoms with Crippen molar-refractivity contribution in [1.29, 1.82) is 0 Å². The van der Waals surface area contributed by atoms with E-state index in [1.807, 2.05) is 31.2 Å². The number of nitrogens with zero attached hydrogens (tertiary/aromatic N) is 2. The van der Waals surface area contributed by atoms with Crippen molar-refractivity contribution in [3.8, 4) is 0 Å². The molecule has 3 rings (SSSR count). The van der Waals surface area contributed by atoms with Crippen LogP contribution in [0.25, 0.3) is 0 Å². The minimum atomic E-state index is -3.49. The second kappa shape index (κ2) is 8.86. The van der Waals surface area contributed by atoms with Gasteiger partial charge in [0.25, 0.3) is 0 Å². The van der Waals surface area contributed by atoms with Gasteiger partial charge in [-0.15, -0.1) is 0 Å². The van der Waals surface area contributed by atoms with Crippen molar-refractivity contribution in [3.05, 3.63) is 59.7 Å². The van der Waals surface area contributed by atoms with Crippen LogP contribution < -0.4 is 4.90 Å². The van der Waals surface area contributed by atoms with Crippen molar-refractivity contribution < 1.29 is 17.9 Å². The molecule has 2 aromatic rings. The smallest absolute Gasteiger partial charge is 0.243 e. The summed E-state index contributed by atoms with van der Waals surface area (Å²) >= 11 is 0. The number of benzene rings is 2. The maximum atomic E-state index is 12.6. The van der Waals surface area contributed by atoms with Gasteiger partial charge in [0.2, 0.25) is 15.9 Å². The molecule has 0 N–H and O–H groups in total. The van der Waals surface area contributed by atoms with Crippen LogP contribution in [0, 0.1) is 6.92 Å². The van der Waals surface area contributed by atoms with E-state index in [1.54, 1.807) is 36.2 Å². The summed E-state index contributed by atoms with van der Waals surface area (Å²) in [4.78, 5) is 14.4. The van der Waals surface area contributed by atoms with E-state index in [1.165, 1.54) is 4.31 Å². The minimum absolute atomic E-state index is 0.0237. The standard InChI is InChI=1S/C21H26N2O4S/c1-17-4-3-5-19(16-17)22(2)21(24)11-8-18-6-9-20(10-7-18)28(25,26)23-12-14-27-15-13-23/h3-7,9-10,16H,8,11-15H2,1-2H3. The fraction of sp³-hybridized carbons (Fsp3) is 0.381. The second-order valence-electron chi connectivity index (χ2n) is 6.95. The molecule has 1 aliphatic heterocycles. The summed E-state index contributed by atoms with van der Waals surface area (Å²) in [6, 6.07) is 14.6. The van der Waals surface area contributed by atoms with Gasteiger partial charge in [0.1, 0.15) is 0 Å². The van der Waals surface area contributed by atoms with Crippen LogP contribution in [0.15, 0.2) is 53.4 Å². The van der Waals surface area contributed by atoms with Crippen molar-refractivity contribution in [2.75, 3.05) is 38.3 Å². The molecule has 0 radical (unpaired) electrons. The Hall–Kier alpha value is -2.22. The van der Waals surface area contributed by atoms with E-state index in [0.29, 0.717) is 39.1 Å². The molecule has 6 nitrogen and oxygen atoms in total. The third-order valence-corrected chi connectivity index (χ3v) is 6.83. The average Bonchev–Trinajstić information content (AvgIpc) is 2.72. The summed E-state index contributed by atoms with van der Waals surface area (Å²) in [5.74, 6) is 0.0237. The zero-order chi connectivity index (χ0) is 20.1. The van der Waals surface area contributed by atoms with Crippen molar-refractivity contribution in [2.24, 2.45) is 0 Å². The van der Waals surface area contributed by atoms with Gasteiger partial charge in [0.05, 0.1) is 18.1 Å². The minimum Gasteiger partial charge on any atom is -0.379 e. The SMILES string of the molecule is Cc1cccc(N(C)C(=O)CCc2ccc(S(=O)(=O)N3CCOCC3)cc2)c1. The van der Waals surface area contributed by atoms with Crippen LogP contribution in [0.2, 0.25) is 0 Å². The van der Waals surface area contributed by atoms with Gasteiger partial charge in [-0.05, 0) is 48.7 Å². The molecule has 0 aliphatic carbocycles. The van der Waals surface area contributed by atoms with E-state index in [-0.39, 0.29) is 10.8 Å². The quantitative estimate of drug-likeness (QED) is 0.745. The Labute approximate surface area is 166 Å². The fourth-order valence-electron chi connectivity index (χ4n) is 3.16. The Kier molecular flexibility index (Phi) is 6.49. The molecule has 1 saturated heterocycles. The summed E-state index contributed by atoms with van der Waals surface area (Å²) in [7, 11) is -1.71. The summed E-state index contributed by atoms with van der Waals surface area (Å²) < 4.78 is 32.0. The topological polar surface area (TPSA) is 66.9 Å². The highest BCUT2D eigenvalue weighted by Crippen LogP contribution is 2.19. The van der Waals surface area contributed by atoms with Crippen LogP contribution >= 0.6 is 0 Å². The molecule has 1 fully saturated rings. The zero-order valence-corrected chi connectivity index (χ0v) is 17.1. The van der Waals surface area contributed by atoms with Crippen molar-refractivity contribution in [3.63, 3.8) is 0 Å². The highest BCUT2D eigenvalue weighted by atomic mass is 32.2. The summed E-state index contributed by atoms with van der Waals surface area (Å²) in [6.07, 6.45) is 0.923. The Balaban J connectivity index is 1.60. The van der Waals surface area contributed by atoms with Gasteiger partial charge in [-0.3, -0.25) is 4.79 Å². The number of ether oxygens (including phenoxy) is 1. The number of carbonyl (C=O) groups is 1. The first-order chi connectivity index (χ1) is 13.4. The Morgan fingerprint density at radius 2 is 1.79 bits per heavy atom. The number of anilines is 1. The monoisotopic (exact) mass is 402 g/mol. The average molecular weight is 403 g/mol. The van der Waals surface area contributed by atoms with Crippen LogP contribution in [0.1, 0.15) is 17.5 Å². The summed E-state index contributed by atoms with van der Waals surface area (Å²) in [5, 5.41) is 0. The van der Waals surface area contributed by atoms with Crippen LogP contribution in [-0.2, 0) is 26.0 Å². The number of amides is 1. The molecule has 0 unspecified atom stereocenters. The lowest BCUT2D eigenvalue weighted by Crippen LogP contribution is -2.40. The summed E-state index contributed by atoms with van der Waals surface area (Å²) in [5.41, 5.74) is 2.91. The second-order valence-corrected chi connectivity index (χ2v) is 8.89. The number of sulfonamides is 1. The number of hydrogen-bond donors (Lipinski definition) is 0. The number of rotatable bonds is 6. The molecule has 150 valence electrons. The van der Waals surface area contributed by atoms with Gasteiger partial charge < -0.3 is 9.64 Å². The van der Waals surface area contributed by atoms with Crippen molar-refractivity contribution in [2.45, 2.75) is 24.7 Å². The van der Waals surface area contributed by atoms with E-state index in [9.17, 15) is 13.2 Å². The molecule has 1 amide bonds. The first kappa shape index (κ1) is 20.5. The number of aryl methyl sites for hydroxylation is 2. The number of carbonyl (C=O) groups excluding carboxylic acids is 1. The summed E-state index contributed by atoms with van der Waals surface area (Å²) in [6.45, 7) is 3.60. The van der Waals surface area contributed by atoms with E-state index in [0.717, 1.165) is 16.8 Å². The van der Waals surface area contributed by atoms with Crippen molar-refractivity contribution >= 4 is 21.6 Å². The molecular weight excluding hydrogens is 376 g/mol. The molecule has 1 heterocycles. The predicted octanol–water partition coefficient (Wildman–Crippen LogP) is 2.61. The normalized spacial score (nSPS) is 15.4. The van der Waals surface area contributed by atoms with Crippen LogP contribution in [-0.4, -0.2) is 52.0 Å². The highest BCUT2D eigenvalue weighted by molar-refractivity contribution is 7.89. The number of hydrogen-bond acceptors (Lipinski definition) is 4. The lowest BCUT2D eigenvalue weighted by atomic mass is 10.1. The molecule has 0 spiro atoms.